The van der Waals surface area contributed by atoms with Gasteiger partial charge in [-0.25, -0.2) is 24.0 Å². The largest absolute Gasteiger partial charge is 0.494 e. The quantitative estimate of drug-likeness (QED) is 0.00979. The maximum atomic E-state index is 12.8. The Hall–Kier alpha value is -9.92. The van der Waals surface area contributed by atoms with Gasteiger partial charge in [0.15, 0.2) is 0 Å². The molecule has 0 aliphatic rings. The van der Waals surface area contributed by atoms with Crippen LogP contribution in [0.5, 0.6) is 34.5 Å². The van der Waals surface area contributed by atoms with E-state index in [1.165, 1.54) is 66.6 Å². The molecule has 8 rings (SSSR count). The second-order valence-corrected chi connectivity index (χ2v) is 26.9. The van der Waals surface area contributed by atoms with Crippen molar-refractivity contribution in [1.29, 1.82) is 0 Å². The Morgan fingerprint density at radius 2 is 0.782 bits per heavy atom. The van der Waals surface area contributed by atoms with Crippen LogP contribution in [0.3, 0.4) is 0 Å². The first kappa shape index (κ1) is 80.1. The fourth-order valence-electron chi connectivity index (χ4n) is 8.73. The molecule has 3 atom stereocenters. The molecule has 8 aromatic rings. The van der Waals surface area contributed by atoms with Crippen LogP contribution in [0.2, 0.25) is 0 Å². The van der Waals surface area contributed by atoms with Gasteiger partial charge in [0.2, 0.25) is 0 Å². The highest BCUT2D eigenvalue weighted by Crippen LogP contribution is 2.30. The summed E-state index contributed by atoms with van der Waals surface area (Å²) in [5.41, 5.74) is 8.12. The molecule has 0 saturated carbocycles. The van der Waals surface area contributed by atoms with Gasteiger partial charge >= 0.3 is 35.8 Å². The van der Waals surface area contributed by atoms with Gasteiger partial charge in [0, 0.05) is 7.45 Å². The Kier molecular flexibility index (Phi) is 36.2. The minimum Gasteiger partial charge on any atom is -0.494 e. The van der Waals surface area contributed by atoms with E-state index in [-0.39, 0.29) is 36.1 Å². The molecule has 0 saturated heterocycles. The summed E-state index contributed by atoms with van der Waals surface area (Å²) in [6.07, 6.45) is 8.93. The SMILES string of the molecule is C=CC(=O)OCCCCOc1ccc(C(=O)Oc2ccc(C(=O)Oc3ccc(N=Nc4ccc(CCC)cc4)cc3C)cc2)cc1.CCCc1ccc(N=Nc2ccc(OC(=O)c3ccc(OC(=O)c4ccc(OCCCCOC(=O)C(C)CC)cc4)cc3)c(C)c2)cc1.PPP.[2H]CC(C)=O. The van der Waals surface area contributed by atoms with E-state index in [0.29, 0.717) is 102 Å². The van der Waals surface area contributed by atoms with Crippen molar-refractivity contribution >= 4 is 90.2 Å². The highest BCUT2D eigenvalue weighted by molar-refractivity contribution is 8.33. The second kappa shape index (κ2) is 45.7. The summed E-state index contributed by atoms with van der Waals surface area (Å²) in [5.74, 6) is -0.346. The number of ketones is 1. The van der Waals surface area contributed by atoms with Crippen LogP contribution in [0.4, 0.5) is 22.7 Å². The number of unbranched alkanes of at least 4 members (excludes halogenated alkanes) is 2. The van der Waals surface area contributed by atoms with E-state index in [0.717, 1.165) is 75.1 Å². The highest BCUT2D eigenvalue weighted by Gasteiger charge is 2.17. The number of esters is 6. The molecule has 3 unspecified atom stereocenters. The van der Waals surface area contributed by atoms with Gasteiger partial charge in [-0.1, -0.05) is 79.3 Å². The predicted octanol–water partition coefficient (Wildman–Crippen LogP) is 20.1. The number of rotatable bonds is 31. The van der Waals surface area contributed by atoms with Crippen molar-refractivity contribution < 1.29 is 72.8 Å². The number of carbonyl (C=O) groups is 7. The Labute approximate surface area is 599 Å². The fraction of sp³-hybridized carbons (Fsp3) is 0.278. The van der Waals surface area contributed by atoms with Crippen molar-refractivity contribution in [2.24, 2.45) is 26.4 Å². The number of Topliss-reactive ketones (excluding diaryl/α,β-unsaturated/α-hetero) is 1. The summed E-state index contributed by atoms with van der Waals surface area (Å²) >= 11 is 0. The minimum atomic E-state index is -0.549. The average Bonchev–Trinajstić information content (AvgIpc) is 0.855. The molecule has 0 heterocycles. The molecule has 0 aliphatic carbocycles. The lowest BCUT2D eigenvalue weighted by Crippen LogP contribution is -2.15. The summed E-state index contributed by atoms with van der Waals surface area (Å²) in [5, 5.41) is 17.2. The molecule has 0 spiro atoms. The Morgan fingerprint density at radius 3 is 1.11 bits per heavy atom. The molecule has 0 N–H and O–H groups in total. The van der Waals surface area contributed by atoms with E-state index < -0.39 is 29.8 Å². The molecular weight excluding hydrogens is 1340 g/mol. The molecule has 0 aromatic heterocycles. The van der Waals surface area contributed by atoms with Gasteiger partial charge in [0.25, 0.3) is 0 Å². The summed E-state index contributed by atoms with van der Waals surface area (Å²) in [7, 11) is 6.06. The number of carbonyl (C=O) groups excluding carboxylic acids is 7. The van der Waals surface area contributed by atoms with Gasteiger partial charge in [-0.3, -0.25) is 4.79 Å². The van der Waals surface area contributed by atoms with E-state index in [1.807, 2.05) is 52.0 Å². The van der Waals surface area contributed by atoms with Gasteiger partial charge < -0.3 is 42.7 Å². The van der Waals surface area contributed by atoms with E-state index >= 15 is 0 Å². The third kappa shape index (κ3) is 31.0. The van der Waals surface area contributed by atoms with E-state index in [9.17, 15) is 33.6 Å². The van der Waals surface area contributed by atoms with Crippen molar-refractivity contribution in [1.82, 2.24) is 0 Å². The first-order chi connectivity index (χ1) is 49.3. The Balaban J connectivity index is 0.000000332. The second-order valence-electron chi connectivity index (χ2n) is 22.6. The number of aryl methyl sites for hydroxylation is 4. The summed E-state index contributed by atoms with van der Waals surface area (Å²) < 4.78 is 50.0. The van der Waals surface area contributed by atoms with Crippen LogP contribution < -0.4 is 28.4 Å². The molecule has 0 bridgehead atoms. The molecule has 0 amide bonds. The van der Waals surface area contributed by atoms with Crippen LogP contribution in [-0.2, 0) is 36.7 Å². The van der Waals surface area contributed by atoms with Gasteiger partial charge in [0.05, 0.1) is 77.3 Å². The van der Waals surface area contributed by atoms with Gasteiger partial charge in [-0.15, -0.1) is 17.9 Å². The number of nitrogens with zero attached hydrogens (tertiary/aromatic N) is 4. The molecule has 0 fully saturated rings. The van der Waals surface area contributed by atoms with Gasteiger partial charge in [-0.2, -0.15) is 20.5 Å². The zero-order valence-electron chi connectivity index (χ0n) is 59.1. The lowest BCUT2D eigenvalue weighted by atomic mass is 10.1. The normalized spacial score (nSPS) is 11.0. The zero-order valence-corrected chi connectivity index (χ0v) is 61.5. The molecule has 22 heteroatoms. The summed E-state index contributed by atoms with van der Waals surface area (Å²) in [4.78, 5) is 83.2. The van der Waals surface area contributed by atoms with Crippen LogP contribution in [0, 0.1) is 19.8 Å². The van der Waals surface area contributed by atoms with Gasteiger partial charge in [0.1, 0.15) is 40.3 Å². The number of hydrogen-bond acceptors (Lipinski definition) is 19. The van der Waals surface area contributed by atoms with Crippen molar-refractivity contribution in [3.8, 4) is 34.5 Å². The summed E-state index contributed by atoms with van der Waals surface area (Å²) in [6, 6.07) is 51.9. The Bertz CT molecular complexity index is 4030. The predicted molar refractivity (Wildman–Crippen MR) is 402 cm³/mol. The lowest BCUT2D eigenvalue weighted by Gasteiger charge is -2.10. The summed E-state index contributed by atoms with van der Waals surface area (Å²) in [6.45, 7) is 18.0. The highest BCUT2D eigenvalue weighted by atomic mass is 32.4. The van der Waals surface area contributed by atoms with E-state index in [4.69, 9.17) is 39.3 Å². The number of hydrogen-bond donors (Lipinski definition) is 0. The molecule has 0 aliphatic heterocycles. The topological polar surface area (TPSA) is 243 Å². The Morgan fingerprint density at radius 1 is 0.465 bits per heavy atom. The van der Waals surface area contributed by atoms with Crippen LogP contribution in [-0.4, -0.2) is 68.0 Å². The number of ether oxygens (including phenoxy) is 8. The maximum Gasteiger partial charge on any atom is 0.343 e. The van der Waals surface area contributed by atoms with Crippen molar-refractivity contribution in [2.75, 3.05) is 26.4 Å². The zero-order chi connectivity index (χ0) is 74.0. The number of azo groups is 2. The van der Waals surface area contributed by atoms with Crippen LogP contribution >= 0.6 is 25.8 Å². The van der Waals surface area contributed by atoms with Crippen LogP contribution in [0.25, 0.3) is 0 Å². The smallest absolute Gasteiger partial charge is 0.343 e. The lowest BCUT2D eigenvalue weighted by molar-refractivity contribution is -0.148. The monoisotopic (exact) mass is 1430 g/mol. The van der Waals surface area contributed by atoms with E-state index in [1.54, 1.807) is 84.9 Å². The first-order valence-corrected chi connectivity index (χ1v) is 37.6. The molecule has 8 aromatic carbocycles. The van der Waals surface area contributed by atoms with E-state index in [2.05, 4.69) is 83.0 Å². The maximum absolute atomic E-state index is 12.8. The molecular formula is C79H89N4O15P3. The number of benzene rings is 8. The van der Waals surface area contributed by atoms with Crippen molar-refractivity contribution in [3.63, 3.8) is 0 Å². The standard InChI is InChI=1S/C39H42N2O7.C37H36N2O7.C3H6O.H5P3/c1-5-9-29-10-16-32(17-11-29)40-41-33-18-23-36(28(4)26-33)48-39(44)31-14-21-35(22-15-31)47-38(43)30-12-19-34(20-13-30)45-24-7-8-25-46-37(42)27(3)6-2;1-4-8-27-9-15-30(16-10-27)38-39-31-17-22-34(26(3)25-31)46-37(42)29-13-20-33(21-14-29)45-36(41)28-11-18-32(19-12-28)43-23-6-7-24-44-35(40)5-2;1-3(2)4;1-3-2/h10-23,26-27H,5-9,24-25H2,1-4H3;5,9-22,25H,2,4,6-8,23-24H2,1,3H3;1-2H3;3H,1-2H2/i;;1D;. The fourth-order valence-corrected chi connectivity index (χ4v) is 8.73. The van der Waals surface area contributed by atoms with Crippen LogP contribution in [0.1, 0.15) is 152 Å². The van der Waals surface area contributed by atoms with Gasteiger partial charge in [-0.05, 0) is 253 Å². The molecule has 101 heavy (non-hydrogen) atoms. The van der Waals surface area contributed by atoms with Crippen molar-refractivity contribution in [2.45, 2.75) is 113 Å². The molecule has 530 valence electrons. The van der Waals surface area contributed by atoms with Crippen molar-refractivity contribution in [3.05, 3.63) is 239 Å². The first-order valence-electron chi connectivity index (χ1n) is 33.7. The molecule has 0 radical (unpaired) electrons. The molecule has 19 nitrogen and oxygen atoms in total. The average molecular weight is 1430 g/mol. The van der Waals surface area contributed by atoms with Crippen LogP contribution in [0.15, 0.2) is 215 Å². The third-order valence-electron chi connectivity index (χ3n) is 14.3. The third-order valence-corrected chi connectivity index (χ3v) is 14.3. The minimum absolute atomic E-state index is 0.0787.